The summed E-state index contributed by atoms with van der Waals surface area (Å²) >= 11 is 12.7. The first-order chi connectivity index (χ1) is 8.77. The Hall–Kier alpha value is 0.320. The fourth-order valence-electron chi connectivity index (χ4n) is 3.52. The molecule has 2 aliphatic rings. The molecule has 0 bridgehead atoms. The Morgan fingerprint density at radius 2 is 1.33 bits per heavy atom. The number of alkyl halides is 1. The molecule has 0 aromatic rings. The van der Waals surface area contributed by atoms with Gasteiger partial charge in [-0.25, -0.2) is 0 Å². The van der Waals surface area contributed by atoms with Crippen LogP contribution in [-0.2, 0) is 0 Å². The Balaban J connectivity index is 2.00. The van der Waals surface area contributed by atoms with Gasteiger partial charge in [0.25, 0.3) is 0 Å². The van der Waals surface area contributed by atoms with Gasteiger partial charge >= 0.3 is 0 Å². The highest BCUT2D eigenvalue weighted by atomic mass is 35.5. The first kappa shape index (κ1) is 14.7. The molecule has 2 unspecified atom stereocenters. The molecule has 2 aliphatic carbocycles. The van der Waals surface area contributed by atoms with Crippen LogP contribution in [0, 0.1) is 11.8 Å². The molecular weight excluding hydrogens is 263 g/mol. The summed E-state index contributed by atoms with van der Waals surface area (Å²) in [7, 11) is 0. The maximum Gasteiger partial charge on any atom is 0.0689 e. The van der Waals surface area contributed by atoms with E-state index >= 15 is 0 Å². The van der Waals surface area contributed by atoms with Crippen molar-refractivity contribution in [2.75, 3.05) is 0 Å². The van der Waals surface area contributed by atoms with Crippen LogP contribution in [0.1, 0.15) is 70.6 Å². The van der Waals surface area contributed by atoms with Crippen LogP contribution < -0.4 is 0 Å². The minimum atomic E-state index is 0.0722. The average Bonchev–Trinajstić information content (AvgIpc) is 2.30. The van der Waals surface area contributed by atoms with Crippen molar-refractivity contribution in [3.8, 4) is 0 Å². The smallest absolute Gasteiger partial charge is 0.0689 e. The zero-order valence-corrected chi connectivity index (χ0v) is 12.9. The molecule has 2 heteroatoms. The molecule has 0 radical (unpaired) electrons. The van der Waals surface area contributed by atoms with Gasteiger partial charge in [-0.15, -0.1) is 11.6 Å². The Morgan fingerprint density at radius 1 is 0.778 bits per heavy atom. The topological polar surface area (TPSA) is 0 Å². The highest BCUT2D eigenvalue weighted by Gasteiger charge is 2.23. The molecular formula is C16H26Cl2. The molecule has 18 heavy (non-hydrogen) atoms. The van der Waals surface area contributed by atoms with Crippen LogP contribution in [0.3, 0.4) is 0 Å². The third-order valence-electron chi connectivity index (χ3n) is 4.67. The molecule has 2 rings (SSSR count). The van der Waals surface area contributed by atoms with Crippen molar-refractivity contribution in [2.24, 2.45) is 11.8 Å². The quantitative estimate of drug-likeness (QED) is 0.499. The van der Waals surface area contributed by atoms with Gasteiger partial charge in [0.1, 0.15) is 0 Å². The second-order valence-corrected chi connectivity index (χ2v) is 7.04. The van der Waals surface area contributed by atoms with Gasteiger partial charge in [-0.05, 0) is 37.5 Å². The second-order valence-electron chi connectivity index (χ2n) is 6.07. The summed E-state index contributed by atoms with van der Waals surface area (Å²) in [6, 6.07) is 0. The Morgan fingerprint density at radius 3 is 2.06 bits per heavy atom. The number of hydrogen-bond acceptors (Lipinski definition) is 0. The Kier molecular flexibility index (Phi) is 6.38. The summed E-state index contributed by atoms with van der Waals surface area (Å²) < 4.78 is 0. The van der Waals surface area contributed by atoms with Crippen molar-refractivity contribution in [3.63, 3.8) is 0 Å². The van der Waals surface area contributed by atoms with Crippen LogP contribution in [0.5, 0.6) is 0 Å². The number of hydrogen-bond donors (Lipinski definition) is 0. The highest BCUT2D eigenvalue weighted by Crippen LogP contribution is 2.36. The van der Waals surface area contributed by atoms with E-state index in [1.54, 1.807) is 0 Å². The molecule has 1 fully saturated rings. The zero-order chi connectivity index (χ0) is 12.8. The monoisotopic (exact) mass is 288 g/mol. The summed E-state index contributed by atoms with van der Waals surface area (Å²) in [5.41, 5.74) is 0. The Labute approximate surface area is 122 Å². The summed E-state index contributed by atoms with van der Waals surface area (Å²) in [6.07, 6.45) is 17.2. The van der Waals surface area contributed by atoms with E-state index in [9.17, 15) is 0 Å². The van der Waals surface area contributed by atoms with Gasteiger partial charge in [-0.2, -0.15) is 0 Å². The molecule has 0 nitrogen and oxygen atoms in total. The average molecular weight is 289 g/mol. The molecule has 0 amide bonds. The number of allylic oxidation sites excluding steroid dienone is 2. The standard InChI is InChI=1S/C16H26Cl2/c17-15-11-7-6-10-14(12-16(15)18)13-8-4-2-1-3-5-9-13/h12-15H,1-11H2. The lowest BCUT2D eigenvalue weighted by molar-refractivity contribution is 0.285. The molecule has 104 valence electrons. The molecule has 0 saturated heterocycles. The van der Waals surface area contributed by atoms with E-state index < -0.39 is 0 Å². The summed E-state index contributed by atoms with van der Waals surface area (Å²) in [4.78, 5) is 0. The first-order valence-electron chi connectivity index (χ1n) is 7.78. The van der Waals surface area contributed by atoms with E-state index in [2.05, 4.69) is 6.08 Å². The van der Waals surface area contributed by atoms with E-state index in [1.165, 1.54) is 64.2 Å². The van der Waals surface area contributed by atoms with E-state index in [1.807, 2.05) is 0 Å². The van der Waals surface area contributed by atoms with Crippen molar-refractivity contribution in [1.29, 1.82) is 0 Å². The van der Waals surface area contributed by atoms with Gasteiger partial charge in [0.2, 0.25) is 0 Å². The lowest BCUT2D eigenvalue weighted by Crippen LogP contribution is -2.17. The fraction of sp³-hybridized carbons (Fsp3) is 0.875. The molecule has 1 saturated carbocycles. The largest absolute Gasteiger partial charge is 0.117 e. The molecule has 0 heterocycles. The normalized spacial score (nSPS) is 32.9. The van der Waals surface area contributed by atoms with Gasteiger partial charge in [0, 0.05) is 5.03 Å². The first-order valence-corrected chi connectivity index (χ1v) is 8.60. The molecule has 0 aliphatic heterocycles. The van der Waals surface area contributed by atoms with Crippen LogP contribution in [0.15, 0.2) is 11.1 Å². The molecule has 0 spiro atoms. The van der Waals surface area contributed by atoms with Crippen molar-refractivity contribution >= 4 is 23.2 Å². The molecule has 2 atom stereocenters. The van der Waals surface area contributed by atoms with Gasteiger partial charge in [0.05, 0.1) is 5.38 Å². The summed E-state index contributed by atoms with van der Waals surface area (Å²) in [5.74, 6) is 1.55. The molecule has 0 N–H and O–H groups in total. The van der Waals surface area contributed by atoms with Crippen molar-refractivity contribution < 1.29 is 0 Å². The van der Waals surface area contributed by atoms with Gasteiger partial charge < -0.3 is 0 Å². The van der Waals surface area contributed by atoms with Crippen LogP contribution in [-0.4, -0.2) is 5.38 Å². The van der Waals surface area contributed by atoms with E-state index in [-0.39, 0.29) is 5.38 Å². The number of halogens is 2. The molecule has 0 aromatic carbocycles. The van der Waals surface area contributed by atoms with E-state index in [0.717, 1.165) is 17.4 Å². The van der Waals surface area contributed by atoms with Crippen LogP contribution in [0.25, 0.3) is 0 Å². The summed E-state index contributed by atoms with van der Waals surface area (Å²) in [5, 5.41) is 0.992. The SMILES string of the molecule is ClC1=CC(C2CCCCCCC2)CCCCC1Cl. The van der Waals surface area contributed by atoms with Gasteiger partial charge in [0.15, 0.2) is 0 Å². The predicted molar refractivity (Wildman–Crippen MR) is 81.3 cm³/mol. The predicted octanol–water partition coefficient (Wildman–Crippen LogP) is 6.27. The number of rotatable bonds is 1. The van der Waals surface area contributed by atoms with E-state index in [0.29, 0.717) is 5.92 Å². The second kappa shape index (κ2) is 7.80. The molecule has 0 aromatic heterocycles. The maximum absolute atomic E-state index is 6.36. The minimum absolute atomic E-state index is 0.0722. The lowest BCUT2D eigenvalue weighted by atomic mass is 9.78. The lowest BCUT2D eigenvalue weighted by Gasteiger charge is -2.29. The zero-order valence-electron chi connectivity index (χ0n) is 11.3. The third kappa shape index (κ3) is 4.46. The van der Waals surface area contributed by atoms with Crippen molar-refractivity contribution in [3.05, 3.63) is 11.1 Å². The highest BCUT2D eigenvalue weighted by molar-refractivity contribution is 6.37. The van der Waals surface area contributed by atoms with E-state index in [4.69, 9.17) is 23.2 Å². The fourth-order valence-corrected chi connectivity index (χ4v) is 4.02. The van der Waals surface area contributed by atoms with Crippen molar-refractivity contribution in [1.82, 2.24) is 0 Å². The van der Waals surface area contributed by atoms with Crippen molar-refractivity contribution in [2.45, 2.75) is 76.0 Å². The summed E-state index contributed by atoms with van der Waals surface area (Å²) in [6.45, 7) is 0. The minimum Gasteiger partial charge on any atom is -0.117 e. The third-order valence-corrected chi connectivity index (χ3v) is 5.63. The van der Waals surface area contributed by atoms with Gasteiger partial charge in [-0.1, -0.05) is 62.6 Å². The van der Waals surface area contributed by atoms with Gasteiger partial charge in [-0.3, -0.25) is 0 Å². The van der Waals surface area contributed by atoms with Crippen LogP contribution in [0.2, 0.25) is 0 Å². The van der Waals surface area contributed by atoms with Crippen LogP contribution in [0.4, 0.5) is 0 Å². The maximum atomic E-state index is 6.36. The van der Waals surface area contributed by atoms with Crippen LogP contribution >= 0.6 is 23.2 Å². The Bertz CT molecular complexity index is 264.